The maximum absolute atomic E-state index is 13.5. The average molecular weight is 379 g/mol. The van der Waals surface area contributed by atoms with Gasteiger partial charge in [-0.2, -0.15) is 5.10 Å². The van der Waals surface area contributed by atoms with Gasteiger partial charge in [0.1, 0.15) is 5.82 Å². The minimum atomic E-state index is -1.08. The summed E-state index contributed by atoms with van der Waals surface area (Å²) in [5.74, 6) is -1.14. The SMILES string of the molecule is CC(C)c1c(OCC(=O)O)nc2cc3[nH]ncc3cc2c1-c1ccc(F)cc1. The molecule has 0 radical (unpaired) electrons. The van der Waals surface area contributed by atoms with Crippen molar-refractivity contribution in [3.63, 3.8) is 0 Å². The van der Waals surface area contributed by atoms with Crippen LogP contribution in [0.1, 0.15) is 25.3 Å². The molecule has 7 heteroatoms. The van der Waals surface area contributed by atoms with Gasteiger partial charge in [0.05, 0.1) is 17.2 Å². The third kappa shape index (κ3) is 3.15. The molecule has 0 spiro atoms. The van der Waals surface area contributed by atoms with Gasteiger partial charge in [0.2, 0.25) is 5.88 Å². The molecule has 142 valence electrons. The summed E-state index contributed by atoms with van der Waals surface area (Å²) in [5.41, 5.74) is 3.89. The Morgan fingerprint density at radius 2 is 2.00 bits per heavy atom. The Kier molecular flexibility index (Phi) is 4.43. The molecule has 0 aliphatic rings. The van der Waals surface area contributed by atoms with Crippen molar-refractivity contribution in [2.24, 2.45) is 0 Å². The Morgan fingerprint density at radius 3 is 2.68 bits per heavy atom. The van der Waals surface area contributed by atoms with E-state index in [-0.39, 0.29) is 17.6 Å². The first-order valence-electron chi connectivity index (χ1n) is 8.85. The zero-order valence-corrected chi connectivity index (χ0v) is 15.4. The number of carbonyl (C=O) groups is 1. The molecule has 0 unspecified atom stereocenters. The maximum atomic E-state index is 13.5. The summed E-state index contributed by atoms with van der Waals surface area (Å²) in [7, 11) is 0. The first-order valence-corrected chi connectivity index (χ1v) is 8.85. The number of halogens is 1. The Morgan fingerprint density at radius 1 is 1.25 bits per heavy atom. The number of aliphatic carboxylic acids is 1. The molecule has 2 heterocycles. The number of aromatic amines is 1. The number of ether oxygens (including phenoxy) is 1. The lowest BCUT2D eigenvalue weighted by atomic mass is 9.90. The summed E-state index contributed by atoms with van der Waals surface area (Å²) in [4.78, 5) is 15.6. The van der Waals surface area contributed by atoms with Crippen molar-refractivity contribution in [3.8, 4) is 17.0 Å². The minimum absolute atomic E-state index is 0.000736. The van der Waals surface area contributed by atoms with Crippen LogP contribution in [0.4, 0.5) is 4.39 Å². The van der Waals surface area contributed by atoms with Crippen LogP contribution >= 0.6 is 0 Å². The number of H-pyrrole nitrogens is 1. The Balaban J connectivity index is 2.08. The van der Waals surface area contributed by atoms with Crippen LogP contribution in [0.25, 0.3) is 32.9 Å². The standard InChI is InChI=1S/C21H18FN3O3/c1-11(2)19-20(12-3-5-14(22)6-4-12)15-7-13-9-23-25-16(13)8-17(15)24-21(19)28-10-18(26)27/h3-9,11H,10H2,1-2H3,(H,23,25)(H,26,27). The molecule has 0 saturated heterocycles. The van der Waals surface area contributed by atoms with Crippen LogP contribution in [-0.4, -0.2) is 32.9 Å². The fourth-order valence-electron chi connectivity index (χ4n) is 3.40. The van der Waals surface area contributed by atoms with E-state index in [1.54, 1.807) is 18.3 Å². The zero-order chi connectivity index (χ0) is 19.8. The van der Waals surface area contributed by atoms with Crippen molar-refractivity contribution in [3.05, 3.63) is 54.0 Å². The molecule has 0 aliphatic heterocycles. The van der Waals surface area contributed by atoms with Gasteiger partial charge in [0, 0.05) is 16.3 Å². The Labute approximate surface area is 160 Å². The first kappa shape index (κ1) is 17.9. The highest BCUT2D eigenvalue weighted by molar-refractivity contribution is 6.04. The molecule has 6 nitrogen and oxygen atoms in total. The van der Waals surface area contributed by atoms with Gasteiger partial charge in [0.25, 0.3) is 0 Å². The van der Waals surface area contributed by atoms with E-state index in [9.17, 15) is 9.18 Å². The number of hydrogen-bond donors (Lipinski definition) is 2. The Hall–Kier alpha value is -3.48. The van der Waals surface area contributed by atoms with Crippen molar-refractivity contribution >= 4 is 27.8 Å². The number of fused-ring (bicyclic) bond motifs is 2. The molecular weight excluding hydrogens is 361 g/mol. The van der Waals surface area contributed by atoms with E-state index in [0.717, 1.165) is 33.0 Å². The van der Waals surface area contributed by atoms with E-state index >= 15 is 0 Å². The molecule has 0 aliphatic carbocycles. The highest BCUT2D eigenvalue weighted by atomic mass is 19.1. The molecule has 4 rings (SSSR count). The highest BCUT2D eigenvalue weighted by Crippen LogP contribution is 2.41. The fourth-order valence-corrected chi connectivity index (χ4v) is 3.40. The van der Waals surface area contributed by atoms with Gasteiger partial charge in [-0.3, -0.25) is 5.10 Å². The number of hydrogen-bond acceptors (Lipinski definition) is 4. The van der Waals surface area contributed by atoms with Gasteiger partial charge in [0.15, 0.2) is 6.61 Å². The number of nitrogens with one attached hydrogen (secondary N) is 1. The lowest BCUT2D eigenvalue weighted by molar-refractivity contribution is -0.139. The summed E-state index contributed by atoms with van der Waals surface area (Å²) in [5, 5.41) is 17.8. The summed E-state index contributed by atoms with van der Waals surface area (Å²) in [6.45, 7) is 3.48. The van der Waals surface area contributed by atoms with Crippen LogP contribution < -0.4 is 4.74 Å². The van der Waals surface area contributed by atoms with E-state index in [4.69, 9.17) is 9.84 Å². The number of carboxylic acid groups (broad SMARTS) is 1. The van der Waals surface area contributed by atoms with E-state index < -0.39 is 12.6 Å². The van der Waals surface area contributed by atoms with Crippen molar-refractivity contribution in [1.29, 1.82) is 0 Å². The van der Waals surface area contributed by atoms with Crippen molar-refractivity contribution < 1.29 is 19.0 Å². The molecule has 28 heavy (non-hydrogen) atoms. The fraction of sp³-hybridized carbons (Fsp3) is 0.190. The summed E-state index contributed by atoms with van der Waals surface area (Å²) < 4.78 is 19.1. The molecule has 4 aromatic rings. The van der Waals surface area contributed by atoms with Crippen molar-refractivity contribution in [2.75, 3.05) is 6.61 Å². The summed E-state index contributed by atoms with van der Waals surface area (Å²) in [6.07, 6.45) is 1.73. The van der Waals surface area contributed by atoms with Crippen LogP contribution in [0.2, 0.25) is 0 Å². The van der Waals surface area contributed by atoms with Crippen molar-refractivity contribution in [2.45, 2.75) is 19.8 Å². The number of pyridine rings is 1. The lowest BCUT2D eigenvalue weighted by Gasteiger charge is -2.20. The van der Waals surface area contributed by atoms with E-state index in [1.165, 1.54) is 12.1 Å². The second kappa shape index (κ2) is 6.92. The van der Waals surface area contributed by atoms with E-state index in [2.05, 4.69) is 15.2 Å². The van der Waals surface area contributed by atoms with Crippen LogP contribution in [-0.2, 0) is 4.79 Å². The van der Waals surface area contributed by atoms with Gasteiger partial charge in [-0.15, -0.1) is 0 Å². The predicted octanol–water partition coefficient (Wildman–Crippen LogP) is 4.50. The molecular formula is C21H18FN3O3. The number of rotatable bonds is 5. The normalized spacial score (nSPS) is 11.4. The number of carboxylic acids is 1. The number of nitrogens with zero attached hydrogens (tertiary/aromatic N) is 2. The predicted molar refractivity (Wildman–Crippen MR) is 104 cm³/mol. The Bertz CT molecular complexity index is 1180. The summed E-state index contributed by atoms with van der Waals surface area (Å²) in [6, 6.07) is 10.0. The first-order chi connectivity index (χ1) is 13.4. The smallest absolute Gasteiger partial charge is 0.341 e. The second-order valence-electron chi connectivity index (χ2n) is 6.88. The quantitative estimate of drug-likeness (QED) is 0.533. The average Bonchev–Trinajstić information content (AvgIpc) is 3.11. The molecule has 2 aromatic carbocycles. The molecule has 0 amide bonds. The van der Waals surface area contributed by atoms with Gasteiger partial charge in [-0.1, -0.05) is 26.0 Å². The lowest BCUT2D eigenvalue weighted by Crippen LogP contribution is -2.13. The van der Waals surface area contributed by atoms with Crippen molar-refractivity contribution in [1.82, 2.24) is 15.2 Å². The van der Waals surface area contributed by atoms with E-state index in [0.29, 0.717) is 5.52 Å². The third-order valence-electron chi connectivity index (χ3n) is 4.59. The van der Waals surface area contributed by atoms with Crippen LogP contribution in [0, 0.1) is 5.82 Å². The summed E-state index contributed by atoms with van der Waals surface area (Å²) >= 11 is 0. The van der Waals surface area contributed by atoms with Gasteiger partial charge in [-0.25, -0.2) is 14.2 Å². The highest BCUT2D eigenvalue weighted by Gasteiger charge is 2.21. The second-order valence-corrected chi connectivity index (χ2v) is 6.88. The molecule has 0 saturated carbocycles. The van der Waals surface area contributed by atoms with Gasteiger partial charge in [-0.05, 0) is 41.3 Å². The largest absolute Gasteiger partial charge is 0.479 e. The topological polar surface area (TPSA) is 88.1 Å². The van der Waals surface area contributed by atoms with E-state index in [1.807, 2.05) is 26.0 Å². The minimum Gasteiger partial charge on any atom is -0.479 e. The zero-order valence-electron chi connectivity index (χ0n) is 15.4. The third-order valence-corrected chi connectivity index (χ3v) is 4.59. The van der Waals surface area contributed by atoms with Gasteiger partial charge < -0.3 is 9.84 Å². The van der Waals surface area contributed by atoms with Crippen LogP contribution in [0.3, 0.4) is 0 Å². The van der Waals surface area contributed by atoms with Gasteiger partial charge >= 0.3 is 5.97 Å². The maximum Gasteiger partial charge on any atom is 0.341 e. The molecule has 2 N–H and O–H groups in total. The molecule has 0 bridgehead atoms. The molecule has 0 atom stereocenters. The molecule has 2 aromatic heterocycles. The van der Waals surface area contributed by atoms with Crippen LogP contribution in [0.15, 0.2) is 42.6 Å². The van der Waals surface area contributed by atoms with Crippen LogP contribution in [0.5, 0.6) is 5.88 Å². The number of aromatic nitrogens is 3. The number of benzene rings is 2. The molecule has 0 fully saturated rings. The monoisotopic (exact) mass is 379 g/mol.